The normalized spacial score (nSPS) is 13.0. The number of hydrogen-bond acceptors (Lipinski definition) is 0. The van der Waals surface area contributed by atoms with E-state index in [0.717, 1.165) is 17.0 Å². The maximum absolute atomic E-state index is 6.30. The van der Waals surface area contributed by atoms with Crippen LogP contribution in [-0.4, -0.2) is 0 Å². The second-order valence-corrected chi connectivity index (χ2v) is 5.82. The summed E-state index contributed by atoms with van der Waals surface area (Å²) >= 11 is 6.30. The molecule has 0 atom stereocenters. The minimum atomic E-state index is 0.380. The molecule has 0 saturated carbocycles. The van der Waals surface area contributed by atoms with Gasteiger partial charge in [0.1, 0.15) is 0 Å². The molecule has 4 rings (SSSR count). The minimum Gasteiger partial charge on any atom is -0.0834 e. The van der Waals surface area contributed by atoms with Crippen LogP contribution in [0.2, 0.25) is 5.02 Å². The van der Waals surface area contributed by atoms with Crippen molar-refractivity contribution in [1.29, 1.82) is 0 Å². The summed E-state index contributed by atoms with van der Waals surface area (Å²) in [5.41, 5.74) is 6.68. The van der Waals surface area contributed by atoms with E-state index in [2.05, 4.69) is 60.7 Å². The fourth-order valence-electron chi connectivity index (χ4n) is 3.31. The second kappa shape index (κ2) is 5.05. The second-order valence-electron chi connectivity index (χ2n) is 5.44. The standard InChI is InChI=1S/C20H14Cl/c21-20-12-6-1-7-14(20)13-19-17-10-4-2-8-15(17)16-9-3-5-11-18(16)19/h1-11,19H,13H2. The van der Waals surface area contributed by atoms with Gasteiger partial charge < -0.3 is 0 Å². The lowest BCUT2D eigenvalue weighted by Crippen LogP contribution is -2.01. The zero-order valence-corrected chi connectivity index (χ0v) is 12.3. The van der Waals surface area contributed by atoms with Crippen molar-refractivity contribution in [3.05, 3.63) is 94.5 Å². The van der Waals surface area contributed by atoms with Gasteiger partial charge >= 0.3 is 0 Å². The zero-order valence-electron chi connectivity index (χ0n) is 11.5. The van der Waals surface area contributed by atoms with Crippen LogP contribution in [0.4, 0.5) is 0 Å². The summed E-state index contributed by atoms with van der Waals surface area (Å²) in [7, 11) is 0. The Labute approximate surface area is 130 Å². The maximum Gasteiger partial charge on any atom is 0.0517 e. The molecule has 0 aromatic heterocycles. The van der Waals surface area contributed by atoms with Crippen LogP contribution in [0, 0.1) is 6.07 Å². The van der Waals surface area contributed by atoms with Crippen molar-refractivity contribution in [2.45, 2.75) is 12.3 Å². The molecule has 0 N–H and O–H groups in total. The highest BCUT2D eigenvalue weighted by Gasteiger charge is 2.28. The van der Waals surface area contributed by atoms with Crippen molar-refractivity contribution in [2.24, 2.45) is 0 Å². The molecule has 0 aliphatic heterocycles. The molecule has 0 bridgehead atoms. The molecule has 1 radical (unpaired) electrons. The third-order valence-corrected chi connectivity index (χ3v) is 4.62. The molecule has 21 heavy (non-hydrogen) atoms. The fraction of sp³-hybridized carbons (Fsp3) is 0.100. The van der Waals surface area contributed by atoms with Crippen molar-refractivity contribution in [1.82, 2.24) is 0 Å². The van der Waals surface area contributed by atoms with Crippen LogP contribution in [0.25, 0.3) is 11.1 Å². The Morgan fingerprint density at radius 1 is 0.810 bits per heavy atom. The predicted molar refractivity (Wildman–Crippen MR) is 87.7 cm³/mol. The summed E-state index contributed by atoms with van der Waals surface area (Å²) in [6.45, 7) is 0. The Hall–Kier alpha value is -2.05. The van der Waals surface area contributed by atoms with Crippen molar-refractivity contribution < 1.29 is 0 Å². The van der Waals surface area contributed by atoms with E-state index >= 15 is 0 Å². The molecule has 3 aromatic rings. The Morgan fingerprint density at radius 2 is 1.43 bits per heavy atom. The SMILES string of the molecule is Clc1[c]cccc1CC1c2ccccc2-c2ccccc21. The summed E-state index contributed by atoms with van der Waals surface area (Å²) in [6.07, 6.45) is 0.921. The predicted octanol–water partition coefficient (Wildman–Crippen LogP) is 5.50. The number of fused-ring (bicyclic) bond motifs is 3. The first-order valence-corrected chi connectivity index (χ1v) is 7.55. The summed E-state index contributed by atoms with van der Waals surface area (Å²) in [5.74, 6) is 0.380. The molecule has 101 valence electrons. The largest absolute Gasteiger partial charge is 0.0834 e. The lowest BCUT2D eigenvalue weighted by Gasteiger charge is -2.14. The van der Waals surface area contributed by atoms with Crippen LogP contribution < -0.4 is 0 Å². The van der Waals surface area contributed by atoms with Gasteiger partial charge in [-0.1, -0.05) is 78.3 Å². The van der Waals surface area contributed by atoms with Gasteiger partial charge in [0, 0.05) is 12.0 Å². The summed E-state index contributed by atoms with van der Waals surface area (Å²) in [5, 5.41) is 0.736. The molecule has 3 aromatic carbocycles. The molecule has 1 aliphatic carbocycles. The van der Waals surface area contributed by atoms with Gasteiger partial charge in [0.2, 0.25) is 0 Å². The van der Waals surface area contributed by atoms with E-state index in [1.54, 1.807) is 0 Å². The molecule has 0 unspecified atom stereocenters. The average molecular weight is 290 g/mol. The summed E-state index contributed by atoms with van der Waals surface area (Å²) in [6, 6.07) is 26.4. The highest BCUT2D eigenvalue weighted by molar-refractivity contribution is 6.31. The molecule has 0 saturated heterocycles. The summed E-state index contributed by atoms with van der Waals surface area (Å²) < 4.78 is 0. The zero-order chi connectivity index (χ0) is 14.2. The molecule has 1 heteroatoms. The maximum atomic E-state index is 6.30. The van der Waals surface area contributed by atoms with Crippen LogP contribution in [-0.2, 0) is 6.42 Å². The highest BCUT2D eigenvalue weighted by Crippen LogP contribution is 2.46. The van der Waals surface area contributed by atoms with Crippen molar-refractivity contribution in [2.75, 3.05) is 0 Å². The first-order chi connectivity index (χ1) is 10.3. The highest BCUT2D eigenvalue weighted by atomic mass is 35.5. The first kappa shape index (κ1) is 12.7. The molecule has 1 aliphatic rings. The number of rotatable bonds is 2. The van der Waals surface area contributed by atoms with Gasteiger partial charge in [-0.3, -0.25) is 0 Å². The lowest BCUT2D eigenvalue weighted by molar-refractivity contribution is 0.827. The third kappa shape index (κ3) is 2.07. The van der Waals surface area contributed by atoms with Crippen molar-refractivity contribution in [3.8, 4) is 11.1 Å². The molecule has 0 heterocycles. The van der Waals surface area contributed by atoms with E-state index in [-0.39, 0.29) is 0 Å². The van der Waals surface area contributed by atoms with Crippen LogP contribution >= 0.6 is 11.6 Å². The average Bonchev–Trinajstić information content (AvgIpc) is 2.85. The van der Waals surface area contributed by atoms with Gasteiger partial charge in [-0.15, -0.1) is 0 Å². The quantitative estimate of drug-likeness (QED) is 0.585. The summed E-state index contributed by atoms with van der Waals surface area (Å²) in [4.78, 5) is 0. The molecular weight excluding hydrogens is 276 g/mol. The monoisotopic (exact) mass is 289 g/mol. The van der Waals surface area contributed by atoms with Gasteiger partial charge in [-0.2, -0.15) is 0 Å². The van der Waals surface area contributed by atoms with Crippen LogP contribution in [0.5, 0.6) is 0 Å². The molecule has 0 spiro atoms. The first-order valence-electron chi connectivity index (χ1n) is 7.18. The molecule has 0 nitrogen and oxygen atoms in total. The Morgan fingerprint density at radius 3 is 2.05 bits per heavy atom. The number of benzene rings is 3. The fourth-order valence-corrected chi connectivity index (χ4v) is 3.51. The van der Waals surface area contributed by atoms with E-state index in [0.29, 0.717) is 5.92 Å². The Bertz CT molecular complexity index is 759. The van der Waals surface area contributed by atoms with Crippen LogP contribution in [0.1, 0.15) is 22.6 Å². The molecular formula is C20H14Cl. The van der Waals surface area contributed by atoms with Gasteiger partial charge in [0.15, 0.2) is 0 Å². The van der Waals surface area contributed by atoms with E-state index in [1.807, 2.05) is 12.1 Å². The van der Waals surface area contributed by atoms with E-state index in [4.69, 9.17) is 11.6 Å². The van der Waals surface area contributed by atoms with Gasteiger partial charge in [-0.05, 0) is 34.2 Å². The van der Waals surface area contributed by atoms with Gasteiger partial charge in [-0.25, -0.2) is 0 Å². The topological polar surface area (TPSA) is 0 Å². The van der Waals surface area contributed by atoms with Crippen molar-refractivity contribution >= 4 is 11.6 Å². The number of halogens is 1. The van der Waals surface area contributed by atoms with E-state index in [9.17, 15) is 0 Å². The Balaban J connectivity index is 1.84. The lowest BCUT2D eigenvalue weighted by atomic mass is 9.90. The van der Waals surface area contributed by atoms with E-state index in [1.165, 1.54) is 22.3 Å². The van der Waals surface area contributed by atoms with Crippen molar-refractivity contribution in [3.63, 3.8) is 0 Å². The number of hydrogen-bond donors (Lipinski definition) is 0. The van der Waals surface area contributed by atoms with Crippen LogP contribution in [0.3, 0.4) is 0 Å². The van der Waals surface area contributed by atoms with Gasteiger partial charge in [0.05, 0.1) is 5.02 Å². The smallest absolute Gasteiger partial charge is 0.0517 e. The van der Waals surface area contributed by atoms with E-state index < -0.39 is 0 Å². The third-order valence-electron chi connectivity index (χ3n) is 4.27. The van der Waals surface area contributed by atoms with Gasteiger partial charge in [0.25, 0.3) is 0 Å². The molecule has 0 amide bonds. The Kier molecular flexibility index (Phi) is 3.05. The van der Waals surface area contributed by atoms with Crippen LogP contribution in [0.15, 0.2) is 66.7 Å². The molecule has 0 fully saturated rings. The minimum absolute atomic E-state index is 0.380.